The van der Waals surface area contributed by atoms with Crippen LogP contribution in [0, 0.1) is 6.92 Å². The molecule has 0 amide bonds. The van der Waals surface area contributed by atoms with E-state index in [1.165, 1.54) is 11.1 Å². The third-order valence-electron chi connectivity index (χ3n) is 4.08. The SMILES string of the molecule is CCCNc1ccc(C(C)C)cc1/C(S)=C(/S)c1ccc(C)cc1. The Morgan fingerprint density at radius 2 is 1.67 bits per heavy atom. The lowest BCUT2D eigenvalue weighted by molar-refractivity contribution is 0.866. The second-order valence-electron chi connectivity index (χ2n) is 6.45. The van der Waals surface area contributed by atoms with Crippen molar-refractivity contribution in [2.45, 2.75) is 40.0 Å². The first-order valence-corrected chi connectivity index (χ1v) is 9.41. The molecule has 0 aliphatic rings. The highest BCUT2D eigenvalue weighted by Gasteiger charge is 2.12. The minimum Gasteiger partial charge on any atom is -0.385 e. The van der Waals surface area contributed by atoms with Gasteiger partial charge in [-0.1, -0.05) is 56.7 Å². The second-order valence-corrected chi connectivity index (χ2v) is 7.34. The summed E-state index contributed by atoms with van der Waals surface area (Å²) in [6.07, 6.45) is 1.09. The number of thiol groups is 2. The molecule has 2 aromatic carbocycles. The molecule has 0 atom stereocenters. The summed E-state index contributed by atoms with van der Waals surface area (Å²) in [6.45, 7) is 9.63. The Labute approximate surface area is 157 Å². The van der Waals surface area contributed by atoms with E-state index >= 15 is 0 Å². The summed E-state index contributed by atoms with van der Waals surface area (Å²) >= 11 is 9.58. The lowest BCUT2D eigenvalue weighted by atomic mass is 9.98. The molecule has 24 heavy (non-hydrogen) atoms. The molecule has 1 nitrogen and oxygen atoms in total. The van der Waals surface area contributed by atoms with Crippen molar-refractivity contribution in [3.63, 3.8) is 0 Å². The highest BCUT2D eigenvalue weighted by molar-refractivity contribution is 7.96. The van der Waals surface area contributed by atoms with Crippen molar-refractivity contribution in [2.75, 3.05) is 11.9 Å². The van der Waals surface area contributed by atoms with Crippen molar-refractivity contribution in [3.8, 4) is 0 Å². The third kappa shape index (κ3) is 4.61. The van der Waals surface area contributed by atoms with Crippen LogP contribution in [0.3, 0.4) is 0 Å². The number of anilines is 1. The molecule has 128 valence electrons. The van der Waals surface area contributed by atoms with Gasteiger partial charge in [0.25, 0.3) is 0 Å². The van der Waals surface area contributed by atoms with Gasteiger partial charge in [0.15, 0.2) is 0 Å². The van der Waals surface area contributed by atoms with Crippen LogP contribution in [0.5, 0.6) is 0 Å². The van der Waals surface area contributed by atoms with E-state index in [0.29, 0.717) is 5.92 Å². The molecule has 2 rings (SSSR count). The van der Waals surface area contributed by atoms with E-state index in [4.69, 9.17) is 25.3 Å². The molecular weight excluding hydrogens is 330 g/mol. The molecule has 3 heteroatoms. The highest BCUT2D eigenvalue weighted by Crippen LogP contribution is 2.37. The van der Waals surface area contributed by atoms with E-state index in [0.717, 1.165) is 39.6 Å². The van der Waals surface area contributed by atoms with E-state index in [1.54, 1.807) is 0 Å². The van der Waals surface area contributed by atoms with Gasteiger partial charge in [0, 0.05) is 27.6 Å². The summed E-state index contributed by atoms with van der Waals surface area (Å²) in [5.41, 5.74) is 5.87. The first-order chi connectivity index (χ1) is 11.4. The third-order valence-corrected chi connectivity index (χ3v) is 5.20. The number of aryl methyl sites for hydroxylation is 1. The summed E-state index contributed by atoms with van der Waals surface area (Å²) in [4.78, 5) is 1.81. The van der Waals surface area contributed by atoms with Crippen LogP contribution in [-0.4, -0.2) is 6.54 Å². The Morgan fingerprint density at radius 1 is 1.00 bits per heavy atom. The van der Waals surface area contributed by atoms with Gasteiger partial charge in [0.2, 0.25) is 0 Å². The van der Waals surface area contributed by atoms with E-state index in [1.807, 2.05) is 0 Å². The van der Waals surface area contributed by atoms with Crippen molar-refractivity contribution in [2.24, 2.45) is 0 Å². The van der Waals surface area contributed by atoms with Crippen LogP contribution in [0.4, 0.5) is 5.69 Å². The molecule has 0 fully saturated rings. The fourth-order valence-corrected chi connectivity index (χ4v) is 3.09. The van der Waals surface area contributed by atoms with Gasteiger partial charge < -0.3 is 5.32 Å². The van der Waals surface area contributed by atoms with Crippen LogP contribution in [0.1, 0.15) is 55.4 Å². The standard InChI is InChI=1S/C21H27NS2/c1-5-12-22-19-11-10-17(14(2)3)13-18(19)21(24)20(23)16-8-6-15(4)7-9-16/h6-11,13-14,22-24H,5,12H2,1-4H3/b21-20-. The lowest BCUT2D eigenvalue weighted by Crippen LogP contribution is -2.03. The van der Waals surface area contributed by atoms with Crippen LogP contribution in [0.2, 0.25) is 0 Å². The molecule has 0 unspecified atom stereocenters. The molecule has 0 heterocycles. The van der Waals surface area contributed by atoms with Gasteiger partial charge in [0.1, 0.15) is 0 Å². The van der Waals surface area contributed by atoms with Gasteiger partial charge in [-0.25, -0.2) is 0 Å². The fourth-order valence-electron chi connectivity index (χ4n) is 2.51. The van der Waals surface area contributed by atoms with Gasteiger partial charge in [-0.3, -0.25) is 0 Å². The monoisotopic (exact) mass is 357 g/mol. The van der Waals surface area contributed by atoms with Crippen LogP contribution < -0.4 is 5.32 Å². The van der Waals surface area contributed by atoms with Crippen LogP contribution in [-0.2, 0) is 0 Å². The number of hydrogen-bond donors (Lipinski definition) is 3. The lowest BCUT2D eigenvalue weighted by Gasteiger charge is -2.17. The Morgan fingerprint density at radius 3 is 2.25 bits per heavy atom. The Bertz CT molecular complexity index is 715. The van der Waals surface area contributed by atoms with Gasteiger partial charge in [0.05, 0.1) is 0 Å². The maximum absolute atomic E-state index is 4.82. The molecule has 2 aromatic rings. The fraction of sp³-hybridized carbons (Fsp3) is 0.333. The Balaban J connectivity index is 2.51. The zero-order valence-electron chi connectivity index (χ0n) is 14.9. The van der Waals surface area contributed by atoms with Crippen molar-refractivity contribution in [3.05, 3.63) is 64.7 Å². The number of benzene rings is 2. The number of nitrogens with one attached hydrogen (secondary N) is 1. The minimum atomic E-state index is 0.479. The molecule has 0 aliphatic heterocycles. The van der Waals surface area contributed by atoms with Crippen molar-refractivity contribution < 1.29 is 0 Å². The van der Waals surface area contributed by atoms with E-state index in [2.05, 4.69) is 75.5 Å². The maximum atomic E-state index is 4.82. The molecule has 0 saturated heterocycles. The van der Waals surface area contributed by atoms with Gasteiger partial charge in [-0.15, -0.1) is 25.3 Å². The Hall–Kier alpha value is -1.32. The zero-order valence-corrected chi connectivity index (χ0v) is 16.7. The summed E-state index contributed by atoms with van der Waals surface area (Å²) in [7, 11) is 0. The van der Waals surface area contributed by atoms with Gasteiger partial charge in [-0.2, -0.15) is 0 Å². The summed E-state index contributed by atoms with van der Waals surface area (Å²) in [6, 6.07) is 15.0. The average Bonchev–Trinajstić information content (AvgIpc) is 2.59. The molecule has 0 radical (unpaired) electrons. The van der Waals surface area contributed by atoms with E-state index in [-0.39, 0.29) is 0 Å². The second kappa shape index (κ2) is 8.68. The molecular formula is C21H27NS2. The highest BCUT2D eigenvalue weighted by atomic mass is 32.1. The predicted octanol–water partition coefficient (Wildman–Crippen LogP) is 6.63. The molecule has 0 aromatic heterocycles. The topological polar surface area (TPSA) is 12.0 Å². The largest absolute Gasteiger partial charge is 0.385 e. The van der Waals surface area contributed by atoms with Crippen molar-refractivity contribution >= 4 is 40.8 Å². The molecule has 1 N–H and O–H groups in total. The van der Waals surface area contributed by atoms with E-state index < -0.39 is 0 Å². The van der Waals surface area contributed by atoms with Gasteiger partial charge in [-0.05, 0) is 42.5 Å². The van der Waals surface area contributed by atoms with Gasteiger partial charge >= 0.3 is 0 Å². The average molecular weight is 358 g/mol. The first-order valence-electron chi connectivity index (χ1n) is 8.51. The first kappa shape index (κ1) is 19.0. The van der Waals surface area contributed by atoms with Crippen molar-refractivity contribution in [1.82, 2.24) is 0 Å². The number of hydrogen-bond acceptors (Lipinski definition) is 3. The van der Waals surface area contributed by atoms with Crippen LogP contribution >= 0.6 is 25.3 Å². The Kier molecular flexibility index (Phi) is 6.88. The van der Waals surface area contributed by atoms with Crippen LogP contribution in [0.25, 0.3) is 9.81 Å². The summed E-state index contributed by atoms with van der Waals surface area (Å²) in [5, 5.41) is 3.51. The molecule has 0 spiro atoms. The molecule has 0 aliphatic carbocycles. The maximum Gasteiger partial charge on any atom is 0.0425 e. The molecule has 0 saturated carbocycles. The predicted molar refractivity (Wildman–Crippen MR) is 115 cm³/mol. The summed E-state index contributed by atoms with van der Waals surface area (Å²) < 4.78 is 0. The summed E-state index contributed by atoms with van der Waals surface area (Å²) in [5.74, 6) is 0.479. The number of rotatable bonds is 6. The molecule has 0 bridgehead atoms. The zero-order chi connectivity index (χ0) is 17.7. The smallest absolute Gasteiger partial charge is 0.0425 e. The normalized spacial score (nSPS) is 12.3. The van der Waals surface area contributed by atoms with Crippen LogP contribution in [0.15, 0.2) is 42.5 Å². The minimum absolute atomic E-state index is 0.479. The van der Waals surface area contributed by atoms with Crippen molar-refractivity contribution in [1.29, 1.82) is 0 Å². The van der Waals surface area contributed by atoms with E-state index in [9.17, 15) is 0 Å². The quantitative estimate of drug-likeness (QED) is 0.389.